The van der Waals surface area contributed by atoms with Crippen molar-refractivity contribution in [1.29, 1.82) is 0 Å². The van der Waals surface area contributed by atoms with Crippen molar-refractivity contribution in [3.8, 4) is 56.3 Å². The zero-order chi connectivity index (χ0) is 36.1. The van der Waals surface area contributed by atoms with Gasteiger partial charge < -0.3 is 0 Å². The average molecular weight is 692 g/mol. The smallest absolute Gasteiger partial charge is 0.183 e. The number of aromatic nitrogens is 4. The summed E-state index contributed by atoms with van der Waals surface area (Å²) in [6, 6.07) is 66.3. The highest BCUT2D eigenvalue weighted by atomic mass is 15.1. The fourth-order valence-electron chi connectivity index (χ4n) is 6.65. The van der Waals surface area contributed by atoms with Gasteiger partial charge in [0.1, 0.15) is 11.4 Å². The van der Waals surface area contributed by atoms with Crippen LogP contribution >= 0.6 is 0 Å². The summed E-state index contributed by atoms with van der Waals surface area (Å²) >= 11 is 0. The average Bonchev–Trinajstić information content (AvgIpc) is 3.26. The molecule has 0 atom stereocenters. The summed E-state index contributed by atoms with van der Waals surface area (Å²) in [5, 5.41) is 2.25. The molecule has 0 fully saturated rings. The Kier molecular flexibility index (Phi) is 8.86. The van der Waals surface area contributed by atoms with Gasteiger partial charge >= 0.3 is 0 Å². The highest BCUT2D eigenvalue weighted by Crippen LogP contribution is 2.33. The van der Waals surface area contributed by atoms with Gasteiger partial charge in [-0.3, -0.25) is 4.98 Å². The molecule has 2 heterocycles. The maximum Gasteiger partial charge on any atom is 0.183 e. The summed E-state index contributed by atoms with van der Waals surface area (Å²) in [6.07, 6.45) is 1.81. The Bertz CT molecular complexity index is 2690. The minimum absolute atomic E-state index is 0.451. The Hall–Kier alpha value is -7.37. The molecule has 2 aromatic heterocycles. The van der Waals surface area contributed by atoms with E-state index in [1.807, 2.05) is 79.0 Å². The van der Waals surface area contributed by atoms with Crippen LogP contribution in [0.4, 0.5) is 5.69 Å². The molecule has 254 valence electrons. The summed E-state index contributed by atoms with van der Waals surface area (Å²) in [4.78, 5) is 25.6. The van der Waals surface area contributed by atoms with Crippen molar-refractivity contribution in [3.63, 3.8) is 0 Å². The van der Waals surface area contributed by atoms with Gasteiger partial charge in [0, 0.05) is 17.3 Å². The first-order chi connectivity index (χ1) is 26.7. The Morgan fingerprint density at radius 2 is 0.907 bits per heavy atom. The van der Waals surface area contributed by atoms with Gasteiger partial charge in [0.05, 0.1) is 5.69 Å². The van der Waals surface area contributed by atoms with E-state index < -0.39 is 0 Å². The second kappa shape index (κ2) is 14.7. The minimum Gasteiger partial charge on any atom is -0.253 e. The third-order valence-electron chi connectivity index (χ3n) is 9.37. The molecular weight excluding hydrogens is 659 g/mol. The van der Waals surface area contributed by atoms with E-state index in [1.54, 1.807) is 0 Å². The van der Waals surface area contributed by atoms with Crippen LogP contribution in [0.5, 0.6) is 0 Å². The number of rotatable bonds is 8. The Morgan fingerprint density at radius 3 is 1.56 bits per heavy atom. The molecule has 54 heavy (non-hydrogen) atoms. The van der Waals surface area contributed by atoms with E-state index in [0.29, 0.717) is 28.9 Å². The Balaban J connectivity index is 1.30. The van der Waals surface area contributed by atoms with Gasteiger partial charge in [0.2, 0.25) is 0 Å². The van der Waals surface area contributed by atoms with Crippen LogP contribution < -0.4 is 0 Å². The number of benzene rings is 7. The molecule has 0 saturated heterocycles. The fourth-order valence-corrected chi connectivity index (χ4v) is 6.65. The summed E-state index contributed by atoms with van der Waals surface area (Å²) in [5.41, 5.74) is 10.3. The highest BCUT2D eigenvalue weighted by Gasteiger charge is 2.19. The highest BCUT2D eigenvalue weighted by molar-refractivity contribution is 6.13. The van der Waals surface area contributed by atoms with Crippen LogP contribution in [0.1, 0.15) is 11.4 Å². The molecule has 0 N–H and O–H groups in total. The summed E-state index contributed by atoms with van der Waals surface area (Å²) in [6.45, 7) is 0. The molecule has 5 heteroatoms. The second-order valence-corrected chi connectivity index (χ2v) is 13.0. The van der Waals surface area contributed by atoms with Gasteiger partial charge in [-0.1, -0.05) is 146 Å². The van der Waals surface area contributed by atoms with Gasteiger partial charge in [-0.15, -0.1) is 0 Å². The zero-order valence-electron chi connectivity index (χ0n) is 29.3. The van der Waals surface area contributed by atoms with Crippen LogP contribution in [0.3, 0.4) is 0 Å². The van der Waals surface area contributed by atoms with Crippen molar-refractivity contribution in [2.75, 3.05) is 0 Å². The van der Waals surface area contributed by atoms with Gasteiger partial charge in [0.25, 0.3) is 0 Å². The van der Waals surface area contributed by atoms with Crippen molar-refractivity contribution in [3.05, 3.63) is 212 Å². The van der Waals surface area contributed by atoms with Crippen LogP contribution in [0.15, 0.2) is 205 Å². The number of hydrogen-bond acceptors (Lipinski definition) is 5. The molecule has 0 radical (unpaired) electrons. The van der Waals surface area contributed by atoms with Crippen molar-refractivity contribution >= 4 is 22.2 Å². The molecule has 0 unspecified atom stereocenters. The number of pyridine rings is 1. The van der Waals surface area contributed by atoms with E-state index in [-0.39, 0.29) is 0 Å². The maximum absolute atomic E-state index is 5.25. The van der Waals surface area contributed by atoms with Crippen molar-refractivity contribution < 1.29 is 0 Å². The fraction of sp³-hybridized carbons (Fsp3) is 0. The molecule has 0 spiro atoms. The van der Waals surface area contributed by atoms with E-state index in [9.17, 15) is 0 Å². The normalized spacial score (nSPS) is 11.4. The van der Waals surface area contributed by atoms with E-state index >= 15 is 0 Å². The van der Waals surface area contributed by atoms with Gasteiger partial charge in [0.15, 0.2) is 17.5 Å². The minimum atomic E-state index is 0.451. The van der Waals surface area contributed by atoms with Gasteiger partial charge in [-0.25, -0.2) is 19.9 Å². The molecule has 9 aromatic rings. The Labute approximate surface area is 314 Å². The first-order valence-corrected chi connectivity index (χ1v) is 17.9. The molecule has 0 aliphatic carbocycles. The predicted octanol–water partition coefficient (Wildman–Crippen LogP) is 11.9. The summed E-state index contributed by atoms with van der Waals surface area (Å²) in [7, 11) is 0. The summed E-state index contributed by atoms with van der Waals surface area (Å²) < 4.78 is 0. The third-order valence-corrected chi connectivity index (χ3v) is 9.37. The lowest BCUT2D eigenvalue weighted by atomic mass is 9.96. The lowest BCUT2D eigenvalue weighted by molar-refractivity contribution is 1.03. The number of hydrogen-bond donors (Lipinski definition) is 0. The topological polar surface area (TPSA) is 63.9 Å². The molecular formula is C49H33N5. The van der Waals surface area contributed by atoms with Crippen molar-refractivity contribution in [2.45, 2.75) is 0 Å². The molecule has 0 saturated carbocycles. The molecule has 9 rings (SSSR count). The predicted molar refractivity (Wildman–Crippen MR) is 220 cm³/mol. The number of fused-ring (bicyclic) bond motifs is 1. The monoisotopic (exact) mass is 691 g/mol. The van der Waals surface area contributed by atoms with Crippen LogP contribution in [0.2, 0.25) is 0 Å². The van der Waals surface area contributed by atoms with Crippen molar-refractivity contribution in [1.82, 2.24) is 19.9 Å². The standard InChI is InChI=1S/C49H33N5/c1-5-15-34(16-6-1)39-27-28-50-45(33-39)48-52-47(43-31-41(35-17-7-2-8-18-35)30-42(32-43)36-19-9-3-10-20-36)53-49(54-48)46(51-44-23-11-4-12-24-44)40-26-25-37-21-13-14-22-38(37)29-40/h1-33H/b51-46+. The van der Waals surface area contributed by atoms with E-state index in [0.717, 1.165) is 61.0 Å². The van der Waals surface area contributed by atoms with Crippen LogP contribution in [-0.4, -0.2) is 25.6 Å². The molecule has 5 nitrogen and oxygen atoms in total. The zero-order valence-corrected chi connectivity index (χ0v) is 29.3. The molecule has 0 aliphatic rings. The van der Waals surface area contributed by atoms with E-state index in [2.05, 4.69) is 121 Å². The third kappa shape index (κ3) is 6.94. The maximum atomic E-state index is 5.25. The van der Waals surface area contributed by atoms with E-state index in [1.165, 1.54) is 0 Å². The van der Waals surface area contributed by atoms with Crippen LogP contribution in [0.25, 0.3) is 67.1 Å². The van der Waals surface area contributed by atoms with Gasteiger partial charge in [-0.2, -0.15) is 0 Å². The van der Waals surface area contributed by atoms with Crippen LogP contribution in [0, 0.1) is 0 Å². The van der Waals surface area contributed by atoms with Gasteiger partial charge in [-0.05, 0) is 92.7 Å². The first-order valence-electron chi connectivity index (χ1n) is 17.9. The summed E-state index contributed by atoms with van der Waals surface area (Å²) in [5.74, 6) is 1.44. The van der Waals surface area contributed by atoms with E-state index in [4.69, 9.17) is 24.9 Å². The number of nitrogens with zero attached hydrogens (tertiary/aromatic N) is 5. The SMILES string of the molecule is c1ccc(/N=C(\c2ccc3ccccc3c2)c2nc(-c3cc(-c4ccccc4)cc(-c4ccccc4)c3)nc(-c3cc(-c4ccccc4)ccn3)n2)cc1. The first kappa shape index (κ1) is 32.5. The van der Waals surface area contributed by atoms with Crippen molar-refractivity contribution in [2.24, 2.45) is 4.99 Å². The lowest BCUT2D eigenvalue weighted by Crippen LogP contribution is -2.12. The second-order valence-electron chi connectivity index (χ2n) is 13.0. The molecule has 0 aliphatic heterocycles. The largest absolute Gasteiger partial charge is 0.253 e. The number of para-hydroxylation sites is 1. The quantitative estimate of drug-likeness (QED) is 0.149. The Morgan fingerprint density at radius 1 is 0.370 bits per heavy atom. The molecule has 0 amide bonds. The van der Waals surface area contributed by atoms with Crippen LogP contribution in [-0.2, 0) is 0 Å². The lowest BCUT2D eigenvalue weighted by Gasteiger charge is -2.14. The number of aliphatic imine (C=N–C) groups is 1. The molecule has 7 aromatic carbocycles. The molecule has 0 bridgehead atoms.